The third-order valence-corrected chi connectivity index (χ3v) is 4.01. The van der Waals surface area contributed by atoms with Gasteiger partial charge in [0, 0.05) is 55.7 Å². The first-order valence-corrected chi connectivity index (χ1v) is 6.94. The Hall–Kier alpha value is -1.39. The summed E-state index contributed by atoms with van der Waals surface area (Å²) >= 11 is 0. The third-order valence-electron chi connectivity index (χ3n) is 4.01. The number of hydrogen-bond acceptors (Lipinski definition) is 2. The molecular formula is C15H20FN3. The van der Waals surface area contributed by atoms with E-state index >= 15 is 0 Å². The molecule has 1 fully saturated rings. The zero-order valence-corrected chi connectivity index (χ0v) is 11.3. The highest BCUT2D eigenvalue weighted by Crippen LogP contribution is 2.22. The predicted octanol–water partition coefficient (Wildman–Crippen LogP) is 2.06. The van der Waals surface area contributed by atoms with Crippen molar-refractivity contribution in [1.29, 1.82) is 0 Å². The summed E-state index contributed by atoms with van der Waals surface area (Å²) in [7, 11) is 0. The molecule has 1 aliphatic heterocycles. The van der Waals surface area contributed by atoms with Crippen molar-refractivity contribution in [2.45, 2.75) is 13.3 Å². The summed E-state index contributed by atoms with van der Waals surface area (Å²) in [5.74, 6) is -0.178. The van der Waals surface area contributed by atoms with Crippen LogP contribution in [0.1, 0.15) is 11.3 Å². The van der Waals surface area contributed by atoms with Crippen LogP contribution in [0.25, 0.3) is 10.9 Å². The molecule has 0 amide bonds. The van der Waals surface area contributed by atoms with Crippen molar-refractivity contribution in [1.82, 2.24) is 15.2 Å². The van der Waals surface area contributed by atoms with E-state index in [0.29, 0.717) is 0 Å². The van der Waals surface area contributed by atoms with Crippen LogP contribution in [0.5, 0.6) is 0 Å². The second kappa shape index (κ2) is 5.31. The van der Waals surface area contributed by atoms with E-state index < -0.39 is 0 Å². The number of fused-ring (bicyclic) bond motifs is 1. The fourth-order valence-corrected chi connectivity index (χ4v) is 2.82. The fourth-order valence-electron chi connectivity index (χ4n) is 2.82. The zero-order valence-electron chi connectivity index (χ0n) is 11.3. The molecule has 3 rings (SSSR count). The van der Waals surface area contributed by atoms with Crippen molar-refractivity contribution in [3.63, 3.8) is 0 Å². The minimum Gasteiger partial charge on any atom is -0.358 e. The molecule has 0 spiro atoms. The second-order valence-corrected chi connectivity index (χ2v) is 5.26. The van der Waals surface area contributed by atoms with Gasteiger partial charge in [-0.1, -0.05) is 0 Å². The maximum atomic E-state index is 13.2. The van der Waals surface area contributed by atoms with Crippen molar-refractivity contribution >= 4 is 10.9 Å². The van der Waals surface area contributed by atoms with Crippen molar-refractivity contribution in [2.24, 2.45) is 0 Å². The summed E-state index contributed by atoms with van der Waals surface area (Å²) in [5, 5.41) is 4.50. The molecule has 1 saturated heterocycles. The minimum absolute atomic E-state index is 0.178. The van der Waals surface area contributed by atoms with Gasteiger partial charge >= 0.3 is 0 Å². The number of hydrogen-bond donors (Lipinski definition) is 2. The molecule has 2 N–H and O–H groups in total. The van der Waals surface area contributed by atoms with E-state index in [4.69, 9.17) is 0 Å². The molecule has 0 unspecified atom stereocenters. The highest BCUT2D eigenvalue weighted by Gasteiger charge is 2.12. The minimum atomic E-state index is -0.178. The molecule has 0 saturated carbocycles. The Balaban J connectivity index is 1.75. The molecule has 1 aliphatic rings. The second-order valence-electron chi connectivity index (χ2n) is 5.26. The van der Waals surface area contributed by atoms with Gasteiger partial charge in [0.1, 0.15) is 5.82 Å². The van der Waals surface area contributed by atoms with Crippen molar-refractivity contribution < 1.29 is 4.39 Å². The lowest BCUT2D eigenvalue weighted by Crippen LogP contribution is -2.44. The SMILES string of the molecule is Cc1c(CCN2CCNCC2)[nH]c2cc(F)ccc12. The number of nitrogens with zero attached hydrogens (tertiary/aromatic N) is 1. The van der Waals surface area contributed by atoms with Crippen molar-refractivity contribution in [3.05, 3.63) is 35.3 Å². The van der Waals surface area contributed by atoms with E-state index in [0.717, 1.165) is 50.0 Å². The van der Waals surface area contributed by atoms with Crippen molar-refractivity contribution in [2.75, 3.05) is 32.7 Å². The molecule has 0 aliphatic carbocycles. The number of aromatic amines is 1. The lowest BCUT2D eigenvalue weighted by atomic mass is 10.1. The van der Waals surface area contributed by atoms with Gasteiger partial charge in [-0.25, -0.2) is 4.39 Å². The van der Waals surface area contributed by atoms with Crippen LogP contribution in [0.2, 0.25) is 0 Å². The first-order valence-electron chi connectivity index (χ1n) is 6.94. The summed E-state index contributed by atoms with van der Waals surface area (Å²) in [5.41, 5.74) is 3.40. The summed E-state index contributed by atoms with van der Waals surface area (Å²) < 4.78 is 13.2. The van der Waals surface area contributed by atoms with Crippen LogP contribution >= 0.6 is 0 Å². The number of aromatic nitrogens is 1. The normalized spacial score (nSPS) is 17.2. The van der Waals surface area contributed by atoms with Crippen LogP contribution in [0.3, 0.4) is 0 Å². The molecule has 1 aromatic heterocycles. The maximum absolute atomic E-state index is 13.2. The summed E-state index contributed by atoms with van der Waals surface area (Å²) in [6.45, 7) is 7.58. The largest absolute Gasteiger partial charge is 0.358 e. The number of rotatable bonds is 3. The lowest BCUT2D eigenvalue weighted by molar-refractivity contribution is 0.243. The molecule has 4 heteroatoms. The summed E-state index contributed by atoms with van der Waals surface area (Å²) in [4.78, 5) is 5.84. The van der Waals surface area contributed by atoms with E-state index in [1.54, 1.807) is 6.07 Å². The van der Waals surface area contributed by atoms with E-state index in [1.165, 1.54) is 17.3 Å². The molecule has 19 heavy (non-hydrogen) atoms. The molecule has 1 aromatic carbocycles. The van der Waals surface area contributed by atoms with E-state index in [2.05, 4.69) is 22.1 Å². The average Bonchev–Trinajstić information content (AvgIpc) is 2.74. The average molecular weight is 261 g/mol. The van der Waals surface area contributed by atoms with Crippen LogP contribution in [-0.4, -0.2) is 42.6 Å². The Morgan fingerprint density at radius 1 is 1.26 bits per heavy atom. The van der Waals surface area contributed by atoms with Gasteiger partial charge in [-0.05, 0) is 30.7 Å². The van der Waals surface area contributed by atoms with Crippen LogP contribution in [0, 0.1) is 12.7 Å². The predicted molar refractivity (Wildman–Crippen MR) is 76.0 cm³/mol. The first kappa shape index (κ1) is 12.6. The summed E-state index contributed by atoms with van der Waals surface area (Å²) in [6.07, 6.45) is 1.00. The van der Waals surface area contributed by atoms with E-state index in [1.807, 2.05) is 6.07 Å². The Morgan fingerprint density at radius 2 is 2.05 bits per heavy atom. The number of H-pyrrole nitrogens is 1. The van der Waals surface area contributed by atoms with Gasteiger partial charge < -0.3 is 15.2 Å². The van der Waals surface area contributed by atoms with Crippen molar-refractivity contribution in [3.8, 4) is 0 Å². The highest BCUT2D eigenvalue weighted by molar-refractivity contribution is 5.84. The number of benzene rings is 1. The molecular weight excluding hydrogens is 241 g/mol. The molecule has 3 nitrogen and oxygen atoms in total. The number of nitrogens with one attached hydrogen (secondary N) is 2. The van der Waals surface area contributed by atoms with Gasteiger partial charge in [-0.2, -0.15) is 0 Å². The van der Waals surface area contributed by atoms with Gasteiger partial charge in [0.05, 0.1) is 0 Å². The standard InChI is InChI=1S/C15H20FN3/c1-11-13-3-2-12(16)10-15(13)18-14(11)4-7-19-8-5-17-6-9-19/h2-3,10,17-18H,4-9H2,1H3. The first-order chi connectivity index (χ1) is 9.24. The monoisotopic (exact) mass is 261 g/mol. The lowest BCUT2D eigenvalue weighted by Gasteiger charge is -2.26. The van der Waals surface area contributed by atoms with Crippen LogP contribution in [-0.2, 0) is 6.42 Å². The van der Waals surface area contributed by atoms with Gasteiger partial charge in [0.25, 0.3) is 0 Å². The molecule has 0 atom stereocenters. The van der Waals surface area contributed by atoms with E-state index in [9.17, 15) is 4.39 Å². The van der Waals surface area contributed by atoms with Crippen LogP contribution in [0.15, 0.2) is 18.2 Å². The Morgan fingerprint density at radius 3 is 2.84 bits per heavy atom. The molecule has 102 valence electrons. The van der Waals surface area contributed by atoms with Gasteiger partial charge in [-0.15, -0.1) is 0 Å². The molecule has 2 heterocycles. The quantitative estimate of drug-likeness (QED) is 0.886. The van der Waals surface area contributed by atoms with Gasteiger partial charge in [-0.3, -0.25) is 0 Å². The maximum Gasteiger partial charge on any atom is 0.125 e. The van der Waals surface area contributed by atoms with E-state index in [-0.39, 0.29) is 5.82 Å². The summed E-state index contributed by atoms with van der Waals surface area (Å²) in [6, 6.07) is 4.98. The number of halogens is 1. The molecule has 0 radical (unpaired) electrons. The molecule has 0 bridgehead atoms. The number of aryl methyl sites for hydroxylation is 1. The fraction of sp³-hybridized carbons (Fsp3) is 0.467. The Bertz CT molecular complexity index is 570. The van der Waals surface area contributed by atoms with Crippen LogP contribution in [0.4, 0.5) is 4.39 Å². The highest BCUT2D eigenvalue weighted by atomic mass is 19.1. The number of piperazine rings is 1. The molecule has 2 aromatic rings. The Kier molecular flexibility index (Phi) is 3.53. The smallest absolute Gasteiger partial charge is 0.125 e. The Labute approximate surface area is 112 Å². The van der Waals surface area contributed by atoms with Gasteiger partial charge in [0.15, 0.2) is 0 Å². The third kappa shape index (κ3) is 2.65. The zero-order chi connectivity index (χ0) is 13.2. The van der Waals surface area contributed by atoms with Gasteiger partial charge in [0.2, 0.25) is 0 Å². The topological polar surface area (TPSA) is 31.1 Å². The van der Waals surface area contributed by atoms with Crippen LogP contribution < -0.4 is 5.32 Å².